The Labute approximate surface area is 187 Å². The molecule has 0 aliphatic heterocycles. The number of aliphatic hydroxyl groups is 1. The van der Waals surface area contributed by atoms with Gasteiger partial charge in [0.2, 0.25) is 5.91 Å². The normalized spacial score (nSPS) is 38.7. The van der Waals surface area contributed by atoms with E-state index in [-0.39, 0.29) is 17.4 Å². The van der Waals surface area contributed by atoms with E-state index < -0.39 is 0 Å². The first-order chi connectivity index (χ1) is 14.9. The molecule has 1 amide bonds. The summed E-state index contributed by atoms with van der Waals surface area (Å²) in [5.74, 6) is 2.28. The second kappa shape index (κ2) is 7.96. The van der Waals surface area contributed by atoms with Crippen molar-refractivity contribution in [2.45, 2.75) is 70.2 Å². The quantitative estimate of drug-likeness (QED) is 0.735. The van der Waals surface area contributed by atoms with Crippen molar-refractivity contribution in [3.05, 3.63) is 58.7 Å². The van der Waals surface area contributed by atoms with Crippen LogP contribution in [0.15, 0.2) is 42.0 Å². The highest BCUT2D eigenvalue weighted by Crippen LogP contribution is 2.63. The van der Waals surface area contributed by atoms with E-state index >= 15 is 0 Å². The van der Waals surface area contributed by atoms with Gasteiger partial charge in [-0.3, -0.25) is 4.79 Å². The van der Waals surface area contributed by atoms with Crippen LogP contribution in [-0.4, -0.2) is 25.0 Å². The molecule has 0 heterocycles. The molecule has 164 valence electrons. The number of primary amides is 1. The molecule has 0 aromatic heterocycles. The van der Waals surface area contributed by atoms with Gasteiger partial charge in [0, 0.05) is 5.57 Å². The topological polar surface area (TPSA) is 63.3 Å². The molecule has 4 heteroatoms. The average molecular weight is 417 g/mol. The van der Waals surface area contributed by atoms with Crippen LogP contribution in [0.2, 0.25) is 0 Å². The molecule has 4 aliphatic rings. The van der Waals surface area contributed by atoms with Crippen molar-refractivity contribution < 1.29 is 9.90 Å². The molecule has 1 aromatic rings. The first-order valence-corrected chi connectivity index (χ1v) is 12.4. The van der Waals surface area contributed by atoms with Crippen LogP contribution < -0.4 is 5.73 Å². The van der Waals surface area contributed by atoms with E-state index in [1.54, 1.807) is 11.1 Å². The van der Waals surface area contributed by atoms with Crippen LogP contribution in [0.5, 0.6) is 0 Å². The zero-order chi connectivity index (χ0) is 21.8. The number of carbonyl (C=O) groups is 1. The zero-order valence-corrected chi connectivity index (χ0v) is 19.0. The van der Waals surface area contributed by atoms with E-state index in [9.17, 15) is 9.90 Å². The number of aryl methyl sites for hydroxylation is 1. The Kier molecular flexibility index (Phi) is 5.41. The lowest BCUT2D eigenvalue weighted by Crippen LogP contribution is -2.44. The summed E-state index contributed by atoms with van der Waals surface area (Å²) >= 11 is 0. The molecule has 1 aromatic carbocycles. The van der Waals surface area contributed by atoms with E-state index in [2.05, 4.69) is 39.0 Å². The van der Waals surface area contributed by atoms with Crippen molar-refractivity contribution in [2.75, 3.05) is 0 Å². The van der Waals surface area contributed by atoms with Crippen LogP contribution in [-0.2, 0) is 17.5 Å². The number of aliphatic hydroxyl groups excluding tert-OH is 1. The molecule has 3 N–H and O–H groups in total. The van der Waals surface area contributed by atoms with Crippen molar-refractivity contribution in [1.82, 2.24) is 0 Å². The van der Waals surface area contributed by atoms with Crippen molar-refractivity contribution in [3.63, 3.8) is 0 Å². The zero-order valence-electron chi connectivity index (χ0n) is 19.0. The van der Waals surface area contributed by atoms with Crippen LogP contribution in [0.3, 0.4) is 0 Å². The monoisotopic (exact) mass is 417 g/mol. The second-order valence-electron chi connectivity index (χ2n) is 10.9. The fourth-order valence-electron chi connectivity index (χ4n) is 7.71. The second-order valence-corrected chi connectivity index (χ2v) is 10.9. The maximum Gasteiger partial charge on any atom is 0.244 e. The van der Waals surface area contributed by atoms with Crippen molar-refractivity contribution in [1.29, 1.82) is 0 Å². The van der Waals surface area contributed by atoms with Gasteiger partial charge in [0.25, 0.3) is 0 Å². The summed E-state index contributed by atoms with van der Waals surface area (Å²) in [5, 5.41) is 11.5. The standard InChI is InChI=1S/C27H36BNO2/c1-27-10-9-22-21-7-5-17(15-28)13-18(21)6-8-23(22)24(27)14-20(25(27)30)12-16-3-2-4-19(11-16)26(29)31/h2-5,7,13,16,20,22-25,30H,6,8-12,14-15,28H2,1H3,(H2,29,31)/t16?,20?,22-,23-,24+,25+,27+/m1/s1. The fraction of sp³-hybridized carbons (Fsp3) is 0.593. The molecule has 7 atom stereocenters. The highest BCUT2D eigenvalue weighted by atomic mass is 16.3. The third-order valence-corrected chi connectivity index (χ3v) is 9.40. The number of nitrogens with two attached hydrogens (primary N) is 1. The molecule has 0 radical (unpaired) electrons. The number of carbonyl (C=O) groups excluding carboxylic acids is 1. The van der Waals surface area contributed by atoms with Crippen LogP contribution in [0, 0.1) is 29.1 Å². The minimum absolute atomic E-state index is 0.0352. The number of fused-ring (bicyclic) bond motifs is 5. The number of hydrogen-bond acceptors (Lipinski definition) is 2. The minimum Gasteiger partial charge on any atom is -0.392 e. The lowest BCUT2D eigenvalue weighted by Gasteiger charge is -2.50. The molecule has 2 unspecified atom stereocenters. The Morgan fingerprint density at radius 1 is 1.32 bits per heavy atom. The van der Waals surface area contributed by atoms with Gasteiger partial charge in [-0.05, 0) is 91.1 Å². The Bertz CT molecular complexity index is 937. The molecule has 0 saturated heterocycles. The summed E-state index contributed by atoms with van der Waals surface area (Å²) < 4.78 is 0. The first kappa shape index (κ1) is 21.1. The molecule has 5 rings (SSSR count). The Balaban J connectivity index is 1.34. The van der Waals surface area contributed by atoms with Gasteiger partial charge in [0.05, 0.1) is 6.10 Å². The maximum absolute atomic E-state index is 11.6. The molecule has 3 nitrogen and oxygen atoms in total. The van der Waals surface area contributed by atoms with Crippen molar-refractivity contribution >= 4 is 13.8 Å². The molecule has 2 saturated carbocycles. The molecule has 2 fully saturated rings. The third kappa shape index (κ3) is 3.51. The van der Waals surface area contributed by atoms with E-state index in [1.807, 2.05) is 12.2 Å². The summed E-state index contributed by atoms with van der Waals surface area (Å²) in [6, 6.07) is 7.20. The maximum atomic E-state index is 11.6. The third-order valence-electron chi connectivity index (χ3n) is 9.40. The molecular formula is C27H36BNO2. The highest BCUT2D eigenvalue weighted by molar-refractivity contribution is 6.08. The van der Waals surface area contributed by atoms with Crippen LogP contribution >= 0.6 is 0 Å². The summed E-state index contributed by atoms with van der Waals surface area (Å²) in [6.07, 6.45) is 14.5. The predicted octanol–water partition coefficient (Wildman–Crippen LogP) is 3.64. The van der Waals surface area contributed by atoms with Gasteiger partial charge in [0.15, 0.2) is 0 Å². The van der Waals surface area contributed by atoms with Crippen LogP contribution in [0.25, 0.3) is 0 Å². The fourth-order valence-corrected chi connectivity index (χ4v) is 7.71. The van der Waals surface area contributed by atoms with Gasteiger partial charge in [-0.25, -0.2) is 0 Å². The van der Waals surface area contributed by atoms with Crippen molar-refractivity contribution in [3.8, 4) is 0 Å². The molecular weight excluding hydrogens is 381 g/mol. The van der Waals surface area contributed by atoms with Gasteiger partial charge in [0.1, 0.15) is 7.85 Å². The van der Waals surface area contributed by atoms with E-state index in [4.69, 9.17) is 5.73 Å². The lowest BCUT2D eigenvalue weighted by molar-refractivity contribution is -0.114. The number of hydrogen-bond donors (Lipinski definition) is 2. The largest absolute Gasteiger partial charge is 0.392 e. The number of amides is 1. The van der Waals surface area contributed by atoms with Gasteiger partial charge >= 0.3 is 0 Å². The Hall–Kier alpha value is -1.81. The first-order valence-electron chi connectivity index (χ1n) is 12.4. The van der Waals surface area contributed by atoms with Gasteiger partial charge < -0.3 is 10.8 Å². The summed E-state index contributed by atoms with van der Waals surface area (Å²) in [6.45, 7) is 2.36. The summed E-state index contributed by atoms with van der Waals surface area (Å²) in [7, 11) is 2.24. The predicted molar refractivity (Wildman–Crippen MR) is 127 cm³/mol. The molecule has 31 heavy (non-hydrogen) atoms. The van der Waals surface area contributed by atoms with E-state index in [0.29, 0.717) is 29.6 Å². The van der Waals surface area contributed by atoms with Gasteiger partial charge in [-0.1, -0.05) is 55.2 Å². The molecule has 0 bridgehead atoms. The lowest BCUT2D eigenvalue weighted by atomic mass is 9.55. The van der Waals surface area contributed by atoms with Crippen LogP contribution in [0.1, 0.15) is 68.1 Å². The highest BCUT2D eigenvalue weighted by Gasteiger charge is 2.57. The summed E-state index contributed by atoms with van der Waals surface area (Å²) in [5.41, 5.74) is 10.9. The number of benzene rings is 1. The smallest absolute Gasteiger partial charge is 0.244 e. The summed E-state index contributed by atoms with van der Waals surface area (Å²) in [4.78, 5) is 11.6. The Morgan fingerprint density at radius 2 is 2.16 bits per heavy atom. The number of rotatable bonds is 4. The van der Waals surface area contributed by atoms with Gasteiger partial charge in [-0.2, -0.15) is 0 Å². The van der Waals surface area contributed by atoms with Gasteiger partial charge in [-0.15, -0.1) is 0 Å². The average Bonchev–Trinajstić information content (AvgIpc) is 3.03. The van der Waals surface area contributed by atoms with Crippen molar-refractivity contribution in [2.24, 2.45) is 34.8 Å². The van der Waals surface area contributed by atoms with Crippen LogP contribution in [0.4, 0.5) is 0 Å². The van der Waals surface area contributed by atoms with E-state index in [1.165, 1.54) is 24.8 Å². The Morgan fingerprint density at radius 3 is 2.94 bits per heavy atom. The molecule has 0 spiro atoms. The SMILES string of the molecule is BCc1ccc2c(c1)CC[C@@H]1[C@@H]2CC[C@]2(C)[C@@H](O)C(CC3C=CC=C(C(N)=O)C3)C[C@@H]12. The van der Waals surface area contributed by atoms with E-state index in [0.717, 1.165) is 37.6 Å². The minimum atomic E-state index is -0.308. The number of allylic oxidation sites excluding steroid dienone is 3. The molecule has 4 aliphatic carbocycles.